The van der Waals surface area contributed by atoms with Crippen LogP contribution in [0.4, 0.5) is 4.39 Å². The Morgan fingerprint density at radius 3 is 2.37 bits per heavy atom. The Labute approximate surface area is 114 Å². The molecule has 2 rings (SSSR count). The fourth-order valence-electron chi connectivity index (χ4n) is 2.18. The zero-order valence-electron chi connectivity index (χ0n) is 11.3. The van der Waals surface area contributed by atoms with Crippen molar-refractivity contribution in [2.75, 3.05) is 0 Å². The van der Waals surface area contributed by atoms with E-state index in [1.54, 1.807) is 12.1 Å². The molecular formula is C17H20FN. The van der Waals surface area contributed by atoms with Crippen molar-refractivity contribution in [2.24, 2.45) is 5.73 Å². The summed E-state index contributed by atoms with van der Waals surface area (Å²) < 4.78 is 13.7. The van der Waals surface area contributed by atoms with E-state index in [-0.39, 0.29) is 5.82 Å². The third-order valence-electron chi connectivity index (χ3n) is 3.40. The van der Waals surface area contributed by atoms with Gasteiger partial charge >= 0.3 is 0 Å². The minimum atomic E-state index is -0.401. The van der Waals surface area contributed by atoms with E-state index < -0.39 is 6.04 Å². The molecule has 19 heavy (non-hydrogen) atoms. The molecule has 100 valence electrons. The van der Waals surface area contributed by atoms with Crippen molar-refractivity contribution in [3.63, 3.8) is 0 Å². The minimum Gasteiger partial charge on any atom is -0.320 e. The lowest BCUT2D eigenvalue weighted by atomic mass is 9.97. The Morgan fingerprint density at radius 1 is 1.05 bits per heavy atom. The Hall–Kier alpha value is -1.67. The molecule has 0 spiro atoms. The SMILES string of the molecule is CCCCc1ccc(C(N)c2ccccc2F)cc1. The summed E-state index contributed by atoms with van der Waals surface area (Å²) in [7, 11) is 0. The van der Waals surface area contributed by atoms with Gasteiger partial charge in [0, 0.05) is 5.56 Å². The number of nitrogens with two attached hydrogens (primary N) is 1. The van der Waals surface area contributed by atoms with E-state index in [4.69, 9.17) is 5.73 Å². The van der Waals surface area contributed by atoms with Crippen molar-refractivity contribution >= 4 is 0 Å². The second-order valence-corrected chi connectivity index (χ2v) is 4.84. The maximum absolute atomic E-state index is 13.7. The van der Waals surface area contributed by atoms with Gasteiger partial charge in [0.05, 0.1) is 6.04 Å². The van der Waals surface area contributed by atoms with Gasteiger partial charge in [0.2, 0.25) is 0 Å². The highest BCUT2D eigenvalue weighted by molar-refractivity contribution is 5.33. The molecule has 0 radical (unpaired) electrons. The van der Waals surface area contributed by atoms with Gasteiger partial charge < -0.3 is 5.73 Å². The van der Waals surface area contributed by atoms with Gasteiger partial charge in [-0.1, -0.05) is 55.8 Å². The standard InChI is InChI=1S/C17H20FN/c1-2-3-6-13-9-11-14(12-10-13)17(19)15-7-4-5-8-16(15)18/h4-5,7-12,17H,2-3,6,19H2,1H3. The van der Waals surface area contributed by atoms with Crippen LogP contribution in [0.3, 0.4) is 0 Å². The van der Waals surface area contributed by atoms with Crippen molar-refractivity contribution in [3.05, 3.63) is 71.0 Å². The fourth-order valence-corrected chi connectivity index (χ4v) is 2.18. The van der Waals surface area contributed by atoms with Crippen molar-refractivity contribution in [2.45, 2.75) is 32.2 Å². The first-order valence-electron chi connectivity index (χ1n) is 6.81. The van der Waals surface area contributed by atoms with Gasteiger partial charge in [-0.15, -0.1) is 0 Å². The number of halogens is 1. The molecule has 0 fully saturated rings. The number of unbranched alkanes of at least 4 members (excludes halogenated alkanes) is 1. The molecule has 1 atom stereocenters. The van der Waals surface area contributed by atoms with Crippen LogP contribution in [0, 0.1) is 5.82 Å². The van der Waals surface area contributed by atoms with E-state index >= 15 is 0 Å². The fraction of sp³-hybridized carbons (Fsp3) is 0.294. The summed E-state index contributed by atoms with van der Waals surface area (Å²) in [6, 6.07) is 14.5. The lowest BCUT2D eigenvalue weighted by Gasteiger charge is -2.14. The van der Waals surface area contributed by atoms with Gasteiger partial charge in [-0.05, 0) is 30.0 Å². The molecule has 0 aromatic heterocycles. The van der Waals surface area contributed by atoms with E-state index in [9.17, 15) is 4.39 Å². The first-order valence-corrected chi connectivity index (χ1v) is 6.81. The van der Waals surface area contributed by atoms with Crippen LogP contribution in [0.1, 0.15) is 42.5 Å². The quantitative estimate of drug-likeness (QED) is 0.852. The largest absolute Gasteiger partial charge is 0.320 e. The Bertz CT molecular complexity index is 519. The van der Waals surface area contributed by atoms with Crippen molar-refractivity contribution < 1.29 is 4.39 Å². The summed E-state index contributed by atoms with van der Waals surface area (Å²) in [5.41, 5.74) is 8.93. The highest BCUT2D eigenvalue weighted by Gasteiger charge is 2.12. The van der Waals surface area contributed by atoms with Crippen LogP contribution < -0.4 is 5.73 Å². The van der Waals surface area contributed by atoms with Crippen LogP contribution in [0.5, 0.6) is 0 Å². The lowest BCUT2D eigenvalue weighted by Crippen LogP contribution is -2.13. The topological polar surface area (TPSA) is 26.0 Å². The monoisotopic (exact) mass is 257 g/mol. The molecule has 0 heterocycles. The summed E-state index contributed by atoms with van der Waals surface area (Å²) in [6.07, 6.45) is 3.47. The van der Waals surface area contributed by atoms with E-state index in [1.165, 1.54) is 24.5 Å². The molecule has 2 aromatic rings. The van der Waals surface area contributed by atoms with Gasteiger partial charge in [-0.3, -0.25) is 0 Å². The molecule has 0 amide bonds. The zero-order valence-corrected chi connectivity index (χ0v) is 11.3. The van der Waals surface area contributed by atoms with Crippen molar-refractivity contribution in [1.29, 1.82) is 0 Å². The first kappa shape index (κ1) is 13.8. The summed E-state index contributed by atoms with van der Waals surface area (Å²) in [5, 5.41) is 0. The van der Waals surface area contributed by atoms with Crippen LogP contribution in [0.15, 0.2) is 48.5 Å². The second-order valence-electron chi connectivity index (χ2n) is 4.84. The third-order valence-corrected chi connectivity index (χ3v) is 3.40. The number of benzene rings is 2. The van der Waals surface area contributed by atoms with Gasteiger partial charge in [0.1, 0.15) is 5.82 Å². The van der Waals surface area contributed by atoms with E-state index in [1.807, 2.05) is 18.2 Å². The Morgan fingerprint density at radius 2 is 1.74 bits per heavy atom. The molecule has 2 aromatic carbocycles. The first-order chi connectivity index (χ1) is 9.22. The lowest BCUT2D eigenvalue weighted by molar-refractivity contribution is 0.599. The maximum Gasteiger partial charge on any atom is 0.128 e. The van der Waals surface area contributed by atoms with Crippen LogP contribution in [0.25, 0.3) is 0 Å². The predicted octanol–water partition coefficient (Wildman–Crippen LogP) is 4.22. The van der Waals surface area contributed by atoms with Crippen molar-refractivity contribution in [3.8, 4) is 0 Å². The molecule has 0 saturated heterocycles. The minimum absolute atomic E-state index is 0.245. The molecule has 0 aliphatic heterocycles. The molecular weight excluding hydrogens is 237 g/mol. The summed E-state index contributed by atoms with van der Waals surface area (Å²) >= 11 is 0. The molecule has 0 bridgehead atoms. The molecule has 0 aliphatic carbocycles. The number of rotatable bonds is 5. The summed E-state index contributed by atoms with van der Waals surface area (Å²) in [6.45, 7) is 2.18. The molecule has 1 nitrogen and oxygen atoms in total. The van der Waals surface area contributed by atoms with Crippen LogP contribution in [-0.2, 0) is 6.42 Å². The highest BCUT2D eigenvalue weighted by atomic mass is 19.1. The van der Waals surface area contributed by atoms with Gasteiger partial charge in [0.25, 0.3) is 0 Å². The smallest absolute Gasteiger partial charge is 0.128 e. The molecule has 2 heteroatoms. The summed E-state index contributed by atoms with van der Waals surface area (Å²) in [4.78, 5) is 0. The number of hydrogen-bond donors (Lipinski definition) is 1. The van der Waals surface area contributed by atoms with Crippen LogP contribution in [0.2, 0.25) is 0 Å². The van der Waals surface area contributed by atoms with E-state index in [0.717, 1.165) is 12.0 Å². The van der Waals surface area contributed by atoms with Crippen LogP contribution >= 0.6 is 0 Å². The summed E-state index contributed by atoms with van der Waals surface area (Å²) in [5.74, 6) is -0.245. The Balaban J connectivity index is 2.16. The van der Waals surface area contributed by atoms with Gasteiger partial charge in [-0.2, -0.15) is 0 Å². The van der Waals surface area contributed by atoms with Crippen LogP contribution in [-0.4, -0.2) is 0 Å². The normalized spacial score (nSPS) is 12.4. The third kappa shape index (κ3) is 3.42. The number of aryl methyl sites for hydroxylation is 1. The highest BCUT2D eigenvalue weighted by Crippen LogP contribution is 2.22. The molecule has 1 unspecified atom stereocenters. The van der Waals surface area contributed by atoms with Gasteiger partial charge in [-0.25, -0.2) is 4.39 Å². The predicted molar refractivity (Wildman–Crippen MR) is 77.5 cm³/mol. The average molecular weight is 257 g/mol. The molecule has 0 saturated carbocycles. The maximum atomic E-state index is 13.7. The average Bonchev–Trinajstić information content (AvgIpc) is 2.45. The zero-order chi connectivity index (χ0) is 13.7. The molecule has 0 aliphatic rings. The molecule has 2 N–H and O–H groups in total. The number of hydrogen-bond acceptors (Lipinski definition) is 1. The van der Waals surface area contributed by atoms with E-state index in [2.05, 4.69) is 19.1 Å². The van der Waals surface area contributed by atoms with Crippen molar-refractivity contribution in [1.82, 2.24) is 0 Å². The second kappa shape index (κ2) is 6.48. The van der Waals surface area contributed by atoms with Gasteiger partial charge in [0.15, 0.2) is 0 Å². The Kier molecular flexibility index (Phi) is 4.69. The van der Waals surface area contributed by atoms with E-state index in [0.29, 0.717) is 5.56 Å².